The van der Waals surface area contributed by atoms with Crippen LogP contribution in [0.25, 0.3) is 21.9 Å². The van der Waals surface area contributed by atoms with Crippen molar-refractivity contribution in [2.45, 2.75) is 19.0 Å². The number of aryl methyl sites for hydroxylation is 2. The van der Waals surface area contributed by atoms with Gasteiger partial charge in [0.05, 0.1) is 21.9 Å². The number of carbonyl (C=O) groups is 1. The SMILES string of the molecule is Cn1c(C(NC(=O)CCn2c(=O)[nH]c(=O)c3ccccc32)c2ccccc2)nc2ccccc21. The van der Waals surface area contributed by atoms with Gasteiger partial charge in [-0.2, -0.15) is 0 Å². The van der Waals surface area contributed by atoms with E-state index in [1.165, 1.54) is 4.57 Å². The van der Waals surface area contributed by atoms with E-state index in [0.717, 1.165) is 16.6 Å². The molecule has 8 nitrogen and oxygen atoms in total. The summed E-state index contributed by atoms with van der Waals surface area (Å²) in [5, 5.41) is 3.50. The fourth-order valence-corrected chi connectivity index (χ4v) is 4.28. The van der Waals surface area contributed by atoms with Crippen LogP contribution in [-0.4, -0.2) is 25.0 Å². The molecule has 0 spiro atoms. The molecular formula is C26H23N5O3. The summed E-state index contributed by atoms with van der Waals surface area (Å²) in [5.41, 5.74) is 2.25. The van der Waals surface area contributed by atoms with E-state index >= 15 is 0 Å². The third-order valence-corrected chi connectivity index (χ3v) is 5.99. The van der Waals surface area contributed by atoms with Gasteiger partial charge in [0.2, 0.25) is 5.91 Å². The first-order valence-corrected chi connectivity index (χ1v) is 11.0. The minimum atomic E-state index is -0.536. The number of imidazole rings is 1. The number of hydrogen-bond acceptors (Lipinski definition) is 4. The zero-order valence-corrected chi connectivity index (χ0v) is 18.6. The average molecular weight is 454 g/mol. The molecule has 0 fully saturated rings. The number of aromatic amines is 1. The number of carbonyl (C=O) groups excluding carboxylic acids is 1. The van der Waals surface area contributed by atoms with Crippen molar-refractivity contribution in [3.05, 3.63) is 111 Å². The Morgan fingerprint density at radius 1 is 0.941 bits per heavy atom. The van der Waals surface area contributed by atoms with Gasteiger partial charge >= 0.3 is 5.69 Å². The van der Waals surface area contributed by atoms with Crippen molar-refractivity contribution in [3.63, 3.8) is 0 Å². The Morgan fingerprint density at radius 3 is 2.38 bits per heavy atom. The van der Waals surface area contributed by atoms with Gasteiger partial charge in [-0.1, -0.05) is 54.6 Å². The number of para-hydroxylation sites is 3. The van der Waals surface area contributed by atoms with Crippen molar-refractivity contribution in [1.29, 1.82) is 0 Å². The Balaban J connectivity index is 1.44. The van der Waals surface area contributed by atoms with Crippen LogP contribution in [0.4, 0.5) is 0 Å². The van der Waals surface area contributed by atoms with Crippen LogP contribution in [0.2, 0.25) is 0 Å². The van der Waals surface area contributed by atoms with E-state index in [2.05, 4.69) is 10.3 Å². The zero-order chi connectivity index (χ0) is 23.7. The maximum Gasteiger partial charge on any atom is 0.328 e. The molecule has 2 aromatic heterocycles. The van der Waals surface area contributed by atoms with Crippen molar-refractivity contribution in [1.82, 2.24) is 24.4 Å². The lowest BCUT2D eigenvalue weighted by Crippen LogP contribution is -2.34. The normalized spacial score (nSPS) is 12.1. The van der Waals surface area contributed by atoms with Crippen LogP contribution in [0.1, 0.15) is 23.9 Å². The number of nitrogens with one attached hydrogen (secondary N) is 2. The van der Waals surface area contributed by atoms with E-state index < -0.39 is 17.3 Å². The van der Waals surface area contributed by atoms with Gasteiger partial charge in [-0.3, -0.25) is 19.1 Å². The van der Waals surface area contributed by atoms with Crippen LogP contribution in [0.5, 0.6) is 0 Å². The predicted molar refractivity (Wildman–Crippen MR) is 131 cm³/mol. The Hall–Kier alpha value is -4.46. The molecule has 34 heavy (non-hydrogen) atoms. The number of amides is 1. The molecule has 0 bridgehead atoms. The lowest BCUT2D eigenvalue weighted by atomic mass is 10.1. The van der Waals surface area contributed by atoms with Crippen molar-refractivity contribution < 1.29 is 4.79 Å². The molecule has 2 N–H and O–H groups in total. The van der Waals surface area contributed by atoms with Crippen LogP contribution in [0.3, 0.4) is 0 Å². The number of benzene rings is 3. The minimum Gasteiger partial charge on any atom is -0.342 e. The molecule has 2 heterocycles. The van der Waals surface area contributed by atoms with E-state index in [1.54, 1.807) is 24.3 Å². The molecular weight excluding hydrogens is 430 g/mol. The summed E-state index contributed by atoms with van der Waals surface area (Å²) in [4.78, 5) is 44.7. The topological polar surface area (TPSA) is 102 Å². The zero-order valence-electron chi connectivity index (χ0n) is 18.6. The number of fused-ring (bicyclic) bond motifs is 2. The summed E-state index contributed by atoms with van der Waals surface area (Å²) >= 11 is 0. The van der Waals surface area contributed by atoms with E-state index in [9.17, 15) is 14.4 Å². The predicted octanol–water partition coefficient (Wildman–Crippen LogP) is 2.87. The van der Waals surface area contributed by atoms with Crippen LogP contribution in [0, 0.1) is 0 Å². The number of hydrogen-bond donors (Lipinski definition) is 2. The first-order chi connectivity index (χ1) is 16.5. The molecule has 1 amide bonds. The summed E-state index contributed by atoms with van der Waals surface area (Å²) in [6, 6.07) is 23.9. The molecule has 5 rings (SSSR count). The van der Waals surface area contributed by atoms with Gasteiger partial charge in [0.1, 0.15) is 11.9 Å². The number of aromatic nitrogens is 4. The second-order valence-electron chi connectivity index (χ2n) is 8.11. The Labute approximate surface area is 194 Å². The largest absolute Gasteiger partial charge is 0.342 e. The van der Waals surface area contributed by atoms with Crippen LogP contribution < -0.4 is 16.6 Å². The van der Waals surface area contributed by atoms with Crippen LogP contribution in [0.15, 0.2) is 88.5 Å². The highest BCUT2D eigenvalue weighted by Crippen LogP contribution is 2.25. The van der Waals surface area contributed by atoms with E-state index in [1.807, 2.05) is 66.2 Å². The summed E-state index contributed by atoms with van der Waals surface area (Å²) in [7, 11) is 1.93. The molecule has 170 valence electrons. The molecule has 5 aromatic rings. The maximum atomic E-state index is 13.1. The summed E-state index contributed by atoms with van der Waals surface area (Å²) in [6.45, 7) is 0.131. The van der Waals surface area contributed by atoms with E-state index in [-0.39, 0.29) is 18.9 Å². The van der Waals surface area contributed by atoms with E-state index in [4.69, 9.17) is 4.98 Å². The molecule has 0 aliphatic heterocycles. The minimum absolute atomic E-state index is 0.0588. The van der Waals surface area contributed by atoms with Crippen molar-refractivity contribution in [3.8, 4) is 0 Å². The van der Waals surface area contributed by atoms with Crippen molar-refractivity contribution >= 4 is 27.8 Å². The molecule has 0 saturated heterocycles. The first-order valence-electron chi connectivity index (χ1n) is 11.0. The third-order valence-electron chi connectivity index (χ3n) is 5.99. The van der Waals surface area contributed by atoms with Gasteiger partial charge in [0.25, 0.3) is 5.56 Å². The highest BCUT2D eigenvalue weighted by molar-refractivity contribution is 5.80. The Morgan fingerprint density at radius 2 is 1.62 bits per heavy atom. The smallest absolute Gasteiger partial charge is 0.328 e. The van der Waals surface area contributed by atoms with Gasteiger partial charge in [0.15, 0.2) is 0 Å². The molecule has 0 aliphatic rings. The quantitative estimate of drug-likeness (QED) is 0.413. The molecule has 0 radical (unpaired) electrons. The van der Waals surface area contributed by atoms with Gasteiger partial charge in [-0.15, -0.1) is 0 Å². The van der Waals surface area contributed by atoms with Crippen LogP contribution in [-0.2, 0) is 18.4 Å². The molecule has 8 heteroatoms. The van der Waals surface area contributed by atoms with Crippen molar-refractivity contribution in [2.75, 3.05) is 0 Å². The molecule has 3 aromatic carbocycles. The van der Waals surface area contributed by atoms with E-state index in [0.29, 0.717) is 16.7 Å². The highest BCUT2D eigenvalue weighted by Gasteiger charge is 2.22. The molecule has 0 saturated carbocycles. The standard InChI is InChI=1S/C26H23N5O3/c1-30-21-14-8-6-12-19(21)27-24(30)23(17-9-3-2-4-10-17)28-22(32)15-16-31-20-13-7-5-11-18(20)25(33)29-26(31)34/h2-14,23H,15-16H2,1H3,(H,28,32)(H,29,33,34). The van der Waals surface area contributed by atoms with Gasteiger partial charge in [-0.25, -0.2) is 9.78 Å². The van der Waals surface area contributed by atoms with Crippen LogP contribution >= 0.6 is 0 Å². The first kappa shape index (κ1) is 21.4. The second-order valence-corrected chi connectivity index (χ2v) is 8.11. The average Bonchev–Trinajstić information content (AvgIpc) is 3.19. The van der Waals surface area contributed by atoms with Gasteiger partial charge in [0, 0.05) is 20.0 Å². The summed E-state index contributed by atoms with van der Waals surface area (Å²) in [6.07, 6.45) is 0.0588. The molecule has 1 atom stereocenters. The van der Waals surface area contributed by atoms with Gasteiger partial charge in [-0.05, 0) is 29.8 Å². The summed E-state index contributed by atoms with van der Waals surface area (Å²) in [5.74, 6) is 0.482. The second kappa shape index (κ2) is 8.82. The molecule has 0 aliphatic carbocycles. The number of rotatable bonds is 6. The third kappa shape index (κ3) is 3.90. The van der Waals surface area contributed by atoms with Gasteiger partial charge < -0.3 is 9.88 Å². The highest BCUT2D eigenvalue weighted by atomic mass is 16.2. The monoisotopic (exact) mass is 453 g/mol. The fourth-order valence-electron chi connectivity index (χ4n) is 4.28. The Kier molecular flexibility index (Phi) is 5.55. The maximum absolute atomic E-state index is 13.1. The molecule has 1 unspecified atom stereocenters. The van der Waals surface area contributed by atoms with Crippen molar-refractivity contribution in [2.24, 2.45) is 7.05 Å². The lowest BCUT2D eigenvalue weighted by Gasteiger charge is -2.19. The number of nitrogens with zero attached hydrogens (tertiary/aromatic N) is 3. The Bertz CT molecular complexity index is 1610. The fraction of sp³-hybridized carbons (Fsp3) is 0.154. The number of H-pyrrole nitrogens is 1. The lowest BCUT2D eigenvalue weighted by molar-refractivity contribution is -0.121. The summed E-state index contributed by atoms with van der Waals surface area (Å²) < 4.78 is 3.40.